The topological polar surface area (TPSA) is 62.8 Å². The van der Waals surface area contributed by atoms with E-state index in [0.717, 1.165) is 5.39 Å². The molecule has 1 heterocycles. The van der Waals surface area contributed by atoms with E-state index in [1.54, 1.807) is 12.3 Å². The minimum Gasteiger partial charge on any atom is -0.300 e. The fraction of sp³-hybridized carbons (Fsp3) is 0.250. The predicted octanol–water partition coefficient (Wildman–Crippen LogP) is 1.79. The van der Waals surface area contributed by atoms with Crippen LogP contribution in [0.4, 0.5) is 4.39 Å². The highest BCUT2D eigenvalue weighted by atomic mass is 19.1. The molecular formula is C12H11FN2O2. The lowest BCUT2D eigenvalue weighted by atomic mass is 10.0. The second kappa shape index (κ2) is 4.45. The van der Waals surface area contributed by atoms with Gasteiger partial charge >= 0.3 is 0 Å². The molecule has 1 N–H and O–H groups in total. The quantitative estimate of drug-likeness (QED) is 0.820. The van der Waals surface area contributed by atoms with Crippen molar-refractivity contribution in [2.75, 3.05) is 0 Å². The van der Waals surface area contributed by atoms with Crippen LogP contribution < -0.4 is 0 Å². The van der Waals surface area contributed by atoms with Crippen LogP contribution in [0.2, 0.25) is 0 Å². The molecule has 0 saturated heterocycles. The molecule has 1 aromatic carbocycles. The number of benzene rings is 1. The van der Waals surface area contributed by atoms with Gasteiger partial charge in [0.2, 0.25) is 0 Å². The summed E-state index contributed by atoms with van der Waals surface area (Å²) in [4.78, 5) is 22.2. The third-order valence-corrected chi connectivity index (χ3v) is 2.44. The van der Waals surface area contributed by atoms with Crippen LogP contribution in [0.3, 0.4) is 0 Å². The summed E-state index contributed by atoms with van der Waals surface area (Å²) in [5.41, 5.74) is 0.885. The largest absolute Gasteiger partial charge is 0.300 e. The number of aromatic amines is 1. The third-order valence-electron chi connectivity index (χ3n) is 2.44. The van der Waals surface area contributed by atoms with E-state index in [1.807, 2.05) is 0 Å². The number of ketones is 2. The van der Waals surface area contributed by atoms with E-state index < -0.39 is 5.82 Å². The Balaban J connectivity index is 2.25. The Morgan fingerprint density at radius 2 is 2.18 bits per heavy atom. The van der Waals surface area contributed by atoms with E-state index in [-0.39, 0.29) is 24.4 Å². The molecule has 0 saturated carbocycles. The average molecular weight is 234 g/mol. The zero-order chi connectivity index (χ0) is 12.4. The number of aromatic nitrogens is 2. The van der Waals surface area contributed by atoms with Crippen molar-refractivity contribution in [2.24, 2.45) is 0 Å². The summed E-state index contributed by atoms with van der Waals surface area (Å²) in [6.07, 6.45) is 1.35. The fourth-order valence-corrected chi connectivity index (χ4v) is 1.70. The van der Waals surface area contributed by atoms with Gasteiger partial charge in [0.1, 0.15) is 17.4 Å². The lowest BCUT2D eigenvalue weighted by molar-refractivity contribution is -0.125. The smallest absolute Gasteiger partial charge is 0.144 e. The van der Waals surface area contributed by atoms with Crippen LogP contribution in [-0.2, 0) is 16.0 Å². The number of H-pyrrole nitrogens is 1. The summed E-state index contributed by atoms with van der Waals surface area (Å²) in [6, 6.07) is 2.88. The number of fused-ring (bicyclic) bond motifs is 1. The monoisotopic (exact) mass is 234 g/mol. The van der Waals surface area contributed by atoms with Crippen molar-refractivity contribution in [3.8, 4) is 0 Å². The van der Waals surface area contributed by atoms with E-state index in [9.17, 15) is 14.0 Å². The van der Waals surface area contributed by atoms with Crippen LogP contribution >= 0.6 is 0 Å². The van der Waals surface area contributed by atoms with E-state index >= 15 is 0 Å². The highest BCUT2D eigenvalue weighted by molar-refractivity contribution is 5.99. The maximum absolute atomic E-state index is 13.6. The molecule has 17 heavy (non-hydrogen) atoms. The van der Waals surface area contributed by atoms with E-state index in [4.69, 9.17) is 0 Å². The Hall–Kier alpha value is -2.04. The van der Waals surface area contributed by atoms with Crippen molar-refractivity contribution in [1.29, 1.82) is 0 Å². The van der Waals surface area contributed by atoms with Gasteiger partial charge in [-0.1, -0.05) is 0 Å². The first-order chi connectivity index (χ1) is 8.06. The Bertz CT molecular complexity index is 589. The number of hydrogen-bond donors (Lipinski definition) is 1. The lowest BCUT2D eigenvalue weighted by Gasteiger charge is -2.02. The normalized spacial score (nSPS) is 10.7. The van der Waals surface area contributed by atoms with Crippen molar-refractivity contribution in [3.63, 3.8) is 0 Å². The third kappa shape index (κ3) is 2.55. The number of Topliss-reactive ketones (excluding diaryl/α,β-unsaturated/α-hetero) is 2. The Labute approximate surface area is 96.8 Å². The van der Waals surface area contributed by atoms with Gasteiger partial charge in [0.05, 0.1) is 18.1 Å². The van der Waals surface area contributed by atoms with Gasteiger partial charge in [-0.25, -0.2) is 4.39 Å². The van der Waals surface area contributed by atoms with Crippen molar-refractivity contribution in [2.45, 2.75) is 19.8 Å². The summed E-state index contributed by atoms with van der Waals surface area (Å²) in [6.45, 7) is 1.34. The van der Waals surface area contributed by atoms with Gasteiger partial charge in [-0.05, 0) is 24.6 Å². The first-order valence-corrected chi connectivity index (χ1v) is 5.19. The number of carbonyl (C=O) groups excluding carboxylic acids is 2. The van der Waals surface area contributed by atoms with Crippen LogP contribution in [-0.4, -0.2) is 21.8 Å². The summed E-state index contributed by atoms with van der Waals surface area (Å²) >= 11 is 0. The minimum absolute atomic E-state index is 0.0630. The Morgan fingerprint density at radius 1 is 1.41 bits per heavy atom. The van der Waals surface area contributed by atoms with Crippen molar-refractivity contribution in [1.82, 2.24) is 10.2 Å². The molecule has 1 aromatic heterocycles. The molecular weight excluding hydrogens is 223 g/mol. The van der Waals surface area contributed by atoms with Gasteiger partial charge in [-0.3, -0.25) is 14.7 Å². The second-order valence-corrected chi connectivity index (χ2v) is 4.00. The molecule has 88 valence electrons. The molecule has 0 amide bonds. The zero-order valence-electron chi connectivity index (χ0n) is 9.29. The van der Waals surface area contributed by atoms with Gasteiger partial charge in [0.25, 0.3) is 0 Å². The highest BCUT2D eigenvalue weighted by Gasteiger charge is 2.12. The van der Waals surface area contributed by atoms with Gasteiger partial charge in [0.15, 0.2) is 0 Å². The summed E-state index contributed by atoms with van der Waals surface area (Å²) < 4.78 is 13.6. The summed E-state index contributed by atoms with van der Waals surface area (Å²) in [5.74, 6) is -0.947. The molecule has 0 radical (unpaired) electrons. The van der Waals surface area contributed by atoms with Gasteiger partial charge in [-0.2, -0.15) is 5.10 Å². The van der Waals surface area contributed by atoms with Crippen LogP contribution in [0, 0.1) is 5.82 Å². The van der Waals surface area contributed by atoms with Crippen LogP contribution in [0.25, 0.3) is 10.9 Å². The Morgan fingerprint density at radius 3 is 2.88 bits per heavy atom. The molecule has 2 rings (SSSR count). The molecule has 0 aliphatic carbocycles. The highest BCUT2D eigenvalue weighted by Crippen LogP contribution is 2.18. The predicted molar refractivity (Wildman–Crippen MR) is 60.1 cm³/mol. The molecule has 4 nitrogen and oxygen atoms in total. The first kappa shape index (κ1) is 11.4. The molecule has 0 aliphatic rings. The van der Waals surface area contributed by atoms with Crippen molar-refractivity contribution in [3.05, 3.63) is 29.7 Å². The number of carbonyl (C=O) groups is 2. The molecule has 0 aliphatic heterocycles. The first-order valence-electron chi connectivity index (χ1n) is 5.19. The van der Waals surface area contributed by atoms with E-state index in [1.165, 1.54) is 13.0 Å². The van der Waals surface area contributed by atoms with Crippen LogP contribution in [0.5, 0.6) is 0 Å². The molecule has 5 heteroatoms. The number of nitrogens with zero attached hydrogens (tertiary/aromatic N) is 1. The number of nitrogens with one attached hydrogen (secondary N) is 1. The van der Waals surface area contributed by atoms with E-state index in [0.29, 0.717) is 11.1 Å². The maximum atomic E-state index is 13.6. The molecule has 0 spiro atoms. The molecule has 0 atom stereocenters. The van der Waals surface area contributed by atoms with Gasteiger partial charge in [-0.15, -0.1) is 0 Å². The summed E-state index contributed by atoms with van der Waals surface area (Å²) in [7, 11) is 0. The van der Waals surface area contributed by atoms with Crippen molar-refractivity contribution >= 4 is 22.5 Å². The number of hydrogen-bond acceptors (Lipinski definition) is 3. The standard InChI is InChI=1S/C12H11FN2O2/c1-7(16)2-10(17)4-8-3-9-6-14-15-12(9)5-11(8)13/h3,5-6H,2,4H2,1H3,(H,14,15). The fourth-order valence-electron chi connectivity index (χ4n) is 1.70. The van der Waals surface area contributed by atoms with Gasteiger partial charge < -0.3 is 0 Å². The number of halogens is 1. The minimum atomic E-state index is -0.460. The van der Waals surface area contributed by atoms with Gasteiger partial charge in [0, 0.05) is 11.8 Å². The second-order valence-electron chi connectivity index (χ2n) is 4.00. The average Bonchev–Trinajstić information content (AvgIpc) is 2.63. The molecule has 0 bridgehead atoms. The zero-order valence-corrected chi connectivity index (χ0v) is 9.29. The van der Waals surface area contributed by atoms with E-state index in [2.05, 4.69) is 10.2 Å². The number of rotatable bonds is 4. The SMILES string of the molecule is CC(=O)CC(=O)Cc1cc2cn[nH]c2cc1F. The van der Waals surface area contributed by atoms with Crippen molar-refractivity contribution < 1.29 is 14.0 Å². The maximum Gasteiger partial charge on any atom is 0.144 e. The molecule has 0 unspecified atom stereocenters. The van der Waals surface area contributed by atoms with Crippen LogP contribution in [0.1, 0.15) is 18.9 Å². The molecule has 0 fully saturated rings. The molecule has 2 aromatic rings. The Kier molecular flexibility index (Phi) is 2.99. The lowest BCUT2D eigenvalue weighted by Crippen LogP contribution is -2.08. The summed E-state index contributed by atoms with van der Waals surface area (Å²) in [5, 5.41) is 7.17. The van der Waals surface area contributed by atoms with Crippen LogP contribution in [0.15, 0.2) is 18.3 Å².